The second-order valence-corrected chi connectivity index (χ2v) is 7.12. The average molecular weight is 265 g/mol. The Bertz CT molecular complexity index is 381. The van der Waals surface area contributed by atoms with Crippen LogP contribution in [0.15, 0.2) is 17.5 Å². The topological polar surface area (TPSA) is 21.3 Å². The molecule has 1 spiro atoms. The van der Waals surface area contributed by atoms with E-state index in [2.05, 4.69) is 36.7 Å². The van der Waals surface area contributed by atoms with Gasteiger partial charge in [0, 0.05) is 16.5 Å². The van der Waals surface area contributed by atoms with Crippen molar-refractivity contribution in [1.82, 2.24) is 5.32 Å². The third-order valence-corrected chi connectivity index (χ3v) is 5.52. The standard InChI is InChI=1S/C15H23NOS/c1-11-5-7-15(8-6-11)10-17-14(12(2)16-15)13-4-3-9-18-13/h3-4,9,11-12,14,16H,5-8,10H2,1-2H3. The van der Waals surface area contributed by atoms with Crippen molar-refractivity contribution >= 4 is 11.3 Å². The molecule has 1 aliphatic heterocycles. The summed E-state index contributed by atoms with van der Waals surface area (Å²) in [5.74, 6) is 0.891. The largest absolute Gasteiger partial charge is 0.369 e. The van der Waals surface area contributed by atoms with E-state index in [1.54, 1.807) is 11.3 Å². The first kappa shape index (κ1) is 12.6. The maximum Gasteiger partial charge on any atom is 0.107 e. The molecule has 2 aliphatic rings. The molecule has 2 unspecified atom stereocenters. The summed E-state index contributed by atoms with van der Waals surface area (Å²) in [5, 5.41) is 6.01. The highest BCUT2D eigenvalue weighted by atomic mass is 32.1. The van der Waals surface area contributed by atoms with E-state index < -0.39 is 0 Å². The lowest BCUT2D eigenvalue weighted by molar-refractivity contribution is -0.0731. The van der Waals surface area contributed by atoms with Gasteiger partial charge in [-0.05, 0) is 50.0 Å². The minimum absolute atomic E-state index is 0.245. The van der Waals surface area contributed by atoms with Crippen molar-refractivity contribution in [2.45, 2.75) is 57.2 Å². The molecule has 18 heavy (non-hydrogen) atoms. The van der Waals surface area contributed by atoms with Gasteiger partial charge >= 0.3 is 0 Å². The summed E-state index contributed by atoms with van der Waals surface area (Å²) >= 11 is 1.80. The molecule has 0 bridgehead atoms. The van der Waals surface area contributed by atoms with E-state index in [4.69, 9.17) is 4.74 Å². The molecule has 1 saturated carbocycles. The molecular weight excluding hydrogens is 242 g/mol. The monoisotopic (exact) mass is 265 g/mol. The maximum absolute atomic E-state index is 6.21. The van der Waals surface area contributed by atoms with Crippen LogP contribution in [0.25, 0.3) is 0 Å². The molecule has 2 nitrogen and oxygen atoms in total. The average Bonchev–Trinajstić information content (AvgIpc) is 2.87. The zero-order valence-electron chi connectivity index (χ0n) is 11.3. The van der Waals surface area contributed by atoms with Crippen molar-refractivity contribution in [2.24, 2.45) is 5.92 Å². The van der Waals surface area contributed by atoms with E-state index >= 15 is 0 Å². The fourth-order valence-electron chi connectivity index (χ4n) is 3.38. The van der Waals surface area contributed by atoms with Crippen LogP contribution in [-0.2, 0) is 4.74 Å². The summed E-state index contributed by atoms with van der Waals surface area (Å²) < 4.78 is 6.21. The van der Waals surface area contributed by atoms with Gasteiger partial charge in [-0.15, -0.1) is 11.3 Å². The quantitative estimate of drug-likeness (QED) is 0.835. The van der Waals surface area contributed by atoms with Gasteiger partial charge < -0.3 is 10.1 Å². The van der Waals surface area contributed by atoms with E-state index in [-0.39, 0.29) is 11.6 Å². The number of rotatable bonds is 1. The predicted octanol–water partition coefficient (Wildman–Crippen LogP) is 3.75. The molecule has 100 valence electrons. The van der Waals surface area contributed by atoms with E-state index in [0.717, 1.165) is 12.5 Å². The fourth-order valence-corrected chi connectivity index (χ4v) is 4.26. The second-order valence-electron chi connectivity index (χ2n) is 6.14. The second kappa shape index (κ2) is 4.95. The summed E-state index contributed by atoms with van der Waals surface area (Å²) in [7, 11) is 0. The third-order valence-electron chi connectivity index (χ3n) is 4.58. The zero-order chi connectivity index (χ0) is 12.6. The Morgan fingerprint density at radius 1 is 1.33 bits per heavy atom. The molecule has 2 atom stereocenters. The van der Waals surface area contributed by atoms with Crippen LogP contribution in [0.1, 0.15) is 50.5 Å². The first-order chi connectivity index (χ1) is 8.69. The van der Waals surface area contributed by atoms with Crippen molar-refractivity contribution in [3.8, 4) is 0 Å². The van der Waals surface area contributed by atoms with Gasteiger partial charge in [0.25, 0.3) is 0 Å². The summed E-state index contributed by atoms with van der Waals surface area (Å²) in [6.07, 6.45) is 5.47. The number of thiophene rings is 1. The summed E-state index contributed by atoms with van der Waals surface area (Å²) in [4.78, 5) is 1.36. The highest BCUT2D eigenvalue weighted by Gasteiger charge is 2.41. The number of hydrogen-bond donors (Lipinski definition) is 1. The van der Waals surface area contributed by atoms with E-state index in [0.29, 0.717) is 6.04 Å². The molecule has 2 fully saturated rings. The van der Waals surface area contributed by atoms with Gasteiger partial charge in [-0.1, -0.05) is 13.0 Å². The van der Waals surface area contributed by atoms with Crippen LogP contribution in [-0.4, -0.2) is 18.2 Å². The Balaban J connectivity index is 1.68. The van der Waals surface area contributed by atoms with Crippen LogP contribution >= 0.6 is 11.3 Å². The third kappa shape index (κ3) is 2.36. The van der Waals surface area contributed by atoms with E-state index in [1.165, 1.54) is 30.6 Å². The summed E-state index contributed by atoms with van der Waals surface area (Å²) in [5.41, 5.74) is 0.264. The normalized spacial score (nSPS) is 41.1. The van der Waals surface area contributed by atoms with Gasteiger partial charge in [0.05, 0.1) is 6.61 Å². The molecular formula is C15H23NOS. The van der Waals surface area contributed by atoms with Gasteiger partial charge in [0.15, 0.2) is 0 Å². The Labute approximate surface area is 114 Å². The van der Waals surface area contributed by atoms with Crippen molar-refractivity contribution in [2.75, 3.05) is 6.61 Å². The van der Waals surface area contributed by atoms with Gasteiger partial charge in [-0.2, -0.15) is 0 Å². The molecule has 3 heteroatoms. The fraction of sp³-hybridized carbons (Fsp3) is 0.733. The number of morpholine rings is 1. The minimum atomic E-state index is 0.245. The van der Waals surface area contributed by atoms with E-state index in [1.807, 2.05) is 0 Å². The summed E-state index contributed by atoms with van der Waals surface area (Å²) in [6.45, 7) is 5.52. The molecule has 0 amide bonds. The van der Waals surface area contributed by atoms with Crippen LogP contribution < -0.4 is 5.32 Å². The minimum Gasteiger partial charge on any atom is -0.369 e. The molecule has 1 saturated heterocycles. The number of nitrogens with one attached hydrogen (secondary N) is 1. The molecule has 1 N–H and O–H groups in total. The van der Waals surface area contributed by atoms with Gasteiger partial charge in [-0.25, -0.2) is 0 Å². The predicted molar refractivity (Wildman–Crippen MR) is 76.0 cm³/mol. The van der Waals surface area contributed by atoms with Gasteiger partial charge in [0.1, 0.15) is 6.10 Å². The van der Waals surface area contributed by atoms with Crippen LogP contribution in [0, 0.1) is 5.92 Å². The SMILES string of the molecule is CC1CCC2(CC1)COC(c1cccs1)C(C)N2. The lowest BCUT2D eigenvalue weighted by atomic mass is 9.76. The number of hydrogen-bond acceptors (Lipinski definition) is 3. The number of ether oxygens (including phenoxy) is 1. The Hall–Kier alpha value is -0.380. The Kier molecular flexibility index (Phi) is 3.48. The molecule has 0 radical (unpaired) electrons. The molecule has 1 aromatic rings. The van der Waals surface area contributed by atoms with Crippen LogP contribution in [0.3, 0.4) is 0 Å². The van der Waals surface area contributed by atoms with Crippen LogP contribution in [0.2, 0.25) is 0 Å². The first-order valence-electron chi connectivity index (χ1n) is 7.11. The van der Waals surface area contributed by atoms with Crippen LogP contribution in [0.4, 0.5) is 0 Å². The highest BCUT2D eigenvalue weighted by Crippen LogP contribution is 2.39. The molecule has 0 aromatic carbocycles. The van der Waals surface area contributed by atoms with E-state index in [9.17, 15) is 0 Å². The maximum atomic E-state index is 6.21. The summed E-state index contributed by atoms with van der Waals surface area (Å²) in [6, 6.07) is 4.72. The molecule has 1 aliphatic carbocycles. The van der Waals surface area contributed by atoms with Crippen molar-refractivity contribution in [1.29, 1.82) is 0 Å². The van der Waals surface area contributed by atoms with Crippen LogP contribution in [0.5, 0.6) is 0 Å². The molecule has 1 aromatic heterocycles. The van der Waals surface area contributed by atoms with Gasteiger partial charge in [0.2, 0.25) is 0 Å². The Morgan fingerprint density at radius 3 is 2.72 bits per heavy atom. The Morgan fingerprint density at radius 2 is 2.11 bits per heavy atom. The first-order valence-corrected chi connectivity index (χ1v) is 7.99. The zero-order valence-corrected chi connectivity index (χ0v) is 12.1. The highest BCUT2D eigenvalue weighted by molar-refractivity contribution is 7.10. The van der Waals surface area contributed by atoms with Crippen molar-refractivity contribution < 1.29 is 4.74 Å². The smallest absolute Gasteiger partial charge is 0.107 e. The van der Waals surface area contributed by atoms with Gasteiger partial charge in [-0.3, -0.25) is 0 Å². The lowest BCUT2D eigenvalue weighted by Crippen LogP contribution is -2.60. The molecule has 3 rings (SSSR count). The van der Waals surface area contributed by atoms with Crippen molar-refractivity contribution in [3.05, 3.63) is 22.4 Å². The van der Waals surface area contributed by atoms with Crippen molar-refractivity contribution in [3.63, 3.8) is 0 Å². The molecule has 2 heterocycles. The lowest BCUT2D eigenvalue weighted by Gasteiger charge is -2.47.